The number of aliphatic carboxylic acids is 1. The highest BCUT2D eigenvalue weighted by Gasteiger charge is 2.10. The lowest BCUT2D eigenvalue weighted by atomic mass is 10.1. The van der Waals surface area contributed by atoms with E-state index in [1.165, 1.54) is 0 Å². The summed E-state index contributed by atoms with van der Waals surface area (Å²) < 4.78 is 5.34. The molecule has 0 radical (unpaired) electrons. The summed E-state index contributed by atoms with van der Waals surface area (Å²) in [5, 5.41) is 18.6. The van der Waals surface area contributed by atoms with Gasteiger partial charge in [0.15, 0.2) is 0 Å². The first-order valence-electron chi connectivity index (χ1n) is 8.29. The Hall–Kier alpha value is -3.67. The van der Waals surface area contributed by atoms with Crippen molar-refractivity contribution in [2.24, 2.45) is 0 Å². The van der Waals surface area contributed by atoms with Crippen LogP contribution in [-0.4, -0.2) is 33.7 Å². The Bertz CT molecular complexity index is 1010. The molecule has 0 spiro atoms. The summed E-state index contributed by atoms with van der Waals surface area (Å²) in [7, 11) is 0. The Morgan fingerprint density at radius 1 is 1.00 bits per heavy atom. The maximum atomic E-state index is 11.5. The molecule has 0 unspecified atom stereocenters. The molecule has 1 aromatic heterocycles. The number of carboxylic acids is 2. The Morgan fingerprint density at radius 3 is 2.44 bits per heavy atom. The Kier molecular flexibility index (Phi) is 5.47. The van der Waals surface area contributed by atoms with Gasteiger partial charge in [-0.15, -0.1) is 0 Å². The van der Waals surface area contributed by atoms with Gasteiger partial charge in [-0.05, 0) is 35.9 Å². The van der Waals surface area contributed by atoms with E-state index in [1.807, 2.05) is 24.3 Å². The van der Waals surface area contributed by atoms with E-state index in [1.54, 1.807) is 42.5 Å². The maximum Gasteiger partial charge on any atom is 0.336 e. The van der Waals surface area contributed by atoms with Gasteiger partial charge in [-0.25, -0.2) is 9.78 Å². The third-order valence-corrected chi connectivity index (χ3v) is 3.88. The van der Waals surface area contributed by atoms with Crippen molar-refractivity contribution in [2.45, 2.75) is 6.42 Å². The molecule has 27 heavy (non-hydrogen) atoms. The van der Waals surface area contributed by atoms with Gasteiger partial charge in [-0.3, -0.25) is 4.79 Å². The number of pyridine rings is 1. The summed E-state index contributed by atoms with van der Waals surface area (Å²) in [6, 6.07) is 15.8. The minimum atomic E-state index is -0.994. The number of rotatable bonds is 7. The molecular weight excluding hydrogens is 346 g/mol. The number of aromatic carboxylic acids is 1. The van der Waals surface area contributed by atoms with E-state index in [0.29, 0.717) is 22.3 Å². The lowest BCUT2D eigenvalue weighted by Crippen LogP contribution is -2.04. The standard InChI is InChI=1S/C21H17NO5/c23-20(24)11-12-27-16-9-6-14(7-10-16)5-8-15-13-18(21(25)26)17-3-1-2-4-19(17)22-15/h1-10,13H,11-12H2,(H,23,24)(H,25,26). The van der Waals surface area contributed by atoms with Crippen LogP contribution in [0.2, 0.25) is 0 Å². The normalized spacial score (nSPS) is 11.0. The van der Waals surface area contributed by atoms with Gasteiger partial charge >= 0.3 is 11.9 Å². The number of ether oxygens (including phenoxy) is 1. The number of hydrogen-bond acceptors (Lipinski definition) is 4. The average Bonchev–Trinajstić information content (AvgIpc) is 2.66. The van der Waals surface area contributed by atoms with E-state index in [0.717, 1.165) is 5.56 Å². The van der Waals surface area contributed by atoms with Crippen molar-refractivity contribution in [1.82, 2.24) is 4.98 Å². The second kappa shape index (κ2) is 8.14. The minimum absolute atomic E-state index is 0.0544. The number of para-hydroxylation sites is 1. The summed E-state index contributed by atoms with van der Waals surface area (Å²) in [4.78, 5) is 26.5. The van der Waals surface area contributed by atoms with Crippen LogP contribution in [0.25, 0.3) is 23.1 Å². The molecule has 0 bridgehead atoms. The SMILES string of the molecule is O=C(O)CCOc1ccc(C=Cc2cc(C(=O)O)c3ccccc3n2)cc1. The third-order valence-electron chi connectivity index (χ3n) is 3.88. The zero-order valence-electron chi connectivity index (χ0n) is 14.3. The molecule has 0 atom stereocenters. The Balaban J connectivity index is 1.77. The van der Waals surface area contributed by atoms with Gasteiger partial charge in [0.25, 0.3) is 0 Å². The van der Waals surface area contributed by atoms with Crippen LogP contribution in [0.4, 0.5) is 0 Å². The molecule has 0 fully saturated rings. The molecule has 0 saturated carbocycles. The van der Waals surface area contributed by atoms with Crippen molar-refractivity contribution in [3.8, 4) is 5.75 Å². The van der Waals surface area contributed by atoms with E-state index in [2.05, 4.69) is 4.98 Å². The summed E-state index contributed by atoms with van der Waals surface area (Å²) in [6.07, 6.45) is 3.52. The van der Waals surface area contributed by atoms with Crippen LogP contribution < -0.4 is 4.74 Å². The van der Waals surface area contributed by atoms with Crippen molar-refractivity contribution in [1.29, 1.82) is 0 Å². The molecule has 136 valence electrons. The molecule has 0 amide bonds. The maximum absolute atomic E-state index is 11.5. The number of aromatic nitrogens is 1. The van der Waals surface area contributed by atoms with Crippen LogP contribution in [0.3, 0.4) is 0 Å². The minimum Gasteiger partial charge on any atom is -0.493 e. The molecule has 3 rings (SSSR count). The largest absolute Gasteiger partial charge is 0.493 e. The fourth-order valence-electron chi connectivity index (χ4n) is 2.57. The number of benzene rings is 2. The van der Waals surface area contributed by atoms with Crippen LogP contribution in [0.5, 0.6) is 5.75 Å². The predicted octanol–water partition coefficient (Wildman–Crippen LogP) is 3.96. The monoisotopic (exact) mass is 363 g/mol. The smallest absolute Gasteiger partial charge is 0.336 e. The third kappa shape index (κ3) is 4.70. The summed E-state index contributed by atoms with van der Waals surface area (Å²) in [5.74, 6) is -1.31. The van der Waals surface area contributed by atoms with Crippen LogP contribution in [0.15, 0.2) is 54.6 Å². The predicted molar refractivity (Wildman–Crippen MR) is 102 cm³/mol. The van der Waals surface area contributed by atoms with Gasteiger partial charge in [0.05, 0.1) is 29.8 Å². The van der Waals surface area contributed by atoms with Gasteiger partial charge in [-0.1, -0.05) is 36.4 Å². The van der Waals surface area contributed by atoms with Crippen molar-refractivity contribution < 1.29 is 24.5 Å². The quantitative estimate of drug-likeness (QED) is 0.660. The zero-order valence-corrected chi connectivity index (χ0v) is 14.3. The summed E-state index contributed by atoms with van der Waals surface area (Å²) in [6.45, 7) is 0.115. The number of nitrogens with zero attached hydrogens (tertiary/aromatic N) is 1. The number of fused-ring (bicyclic) bond motifs is 1. The van der Waals surface area contributed by atoms with Crippen LogP contribution in [0, 0.1) is 0 Å². The highest BCUT2D eigenvalue weighted by atomic mass is 16.5. The fraction of sp³-hybridized carbons (Fsp3) is 0.0952. The molecule has 6 heteroatoms. The van der Waals surface area contributed by atoms with Gasteiger partial charge in [-0.2, -0.15) is 0 Å². The first kappa shape index (κ1) is 18.1. The van der Waals surface area contributed by atoms with Gasteiger partial charge in [0, 0.05) is 5.39 Å². The van der Waals surface area contributed by atoms with Crippen LogP contribution >= 0.6 is 0 Å². The van der Waals surface area contributed by atoms with Crippen molar-refractivity contribution in [3.05, 3.63) is 71.4 Å². The molecule has 0 aliphatic heterocycles. The van der Waals surface area contributed by atoms with E-state index in [9.17, 15) is 14.7 Å². The van der Waals surface area contributed by atoms with E-state index in [4.69, 9.17) is 9.84 Å². The Morgan fingerprint density at radius 2 is 1.74 bits per heavy atom. The highest BCUT2D eigenvalue weighted by molar-refractivity contribution is 6.03. The van der Waals surface area contributed by atoms with E-state index < -0.39 is 11.9 Å². The fourth-order valence-corrected chi connectivity index (χ4v) is 2.57. The molecule has 1 heterocycles. The molecule has 2 N–H and O–H groups in total. The summed E-state index contributed by atoms with van der Waals surface area (Å²) >= 11 is 0. The van der Waals surface area contributed by atoms with Crippen LogP contribution in [0.1, 0.15) is 28.0 Å². The van der Waals surface area contributed by atoms with Gasteiger partial charge in [0.1, 0.15) is 5.75 Å². The molecule has 0 saturated heterocycles. The first-order valence-corrected chi connectivity index (χ1v) is 8.29. The Labute approximate surface area is 155 Å². The molecule has 0 aliphatic carbocycles. The van der Waals surface area contributed by atoms with E-state index >= 15 is 0 Å². The molecular formula is C21H17NO5. The number of carbonyl (C=O) groups is 2. The summed E-state index contributed by atoms with van der Waals surface area (Å²) in [5.41, 5.74) is 2.27. The molecule has 2 aromatic carbocycles. The first-order chi connectivity index (χ1) is 13.0. The van der Waals surface area contributed by atoms with Crippen LogP contribution in [-0.2, 0) is 4.79 Å². The second-order valence-corrected chi connectivity index (χ2v) is 5.81. The number of hydrogen-bond donors (Lipinski definition) is 2. The van der Waals surface area contributed by atoms with Gasteiger partial charge < -0.3 is 14.9 Å². The molecule has 6 nitrogen and oxygen atoms in total. The average molecular weight is 363 g/mol. The molecule has 0 aliphatic rings. The topological polar surface area (TPSA) is 96.7 Å². The highest BCUT2D eigenvalue weighted by Crippen LogP contribution is 2.20. The molecule has 3 aromatic rings. The number of carboxylic acid groups (broad SMARTS) is 2. The lowest BCUT2D eigenvalue weighted by molar-refractivity contribution is -0.137. The van der Waals surface area contributed by atoms with Crippen molar-refractivity contribution in [2.75, 3.05) is 6.61 Å². The lowest BCUT2D eigenvalue weighted by Gasteiger charge is -2.05. The van der Waals surface area contributed by atoms with Crippen molar-refractivity contribution >= 4 is 35.0 Å². The second-order valence-electron chi connectivity index (χ2n) is 5.81. The zero-order chi connectivity index (χ0) is 19.2. The van der Waals surface area contributed by atoms with Gasteiger partial charge in [0.2, 0.25) is 0 Å². The van der Waals surface area contributed by atoms with E-state index in [-0.39, 0.29) is 18.6 Å². The van der Waals surface area contributed by atoms with Crippen molar-refractivity contribution in [3.63, 3.8) is 0 Å².